The second-order valence-electron chi connectivity index (χ2n) is 3.77. The van der Waals surface area contributed by atoms with E-state index < -0.39 is 11.7 Å². The summed E-state index contributed by atoms with van der Waals surface area (Å²) in [5.74, 6) is -1.43. The Balaban J connectivity index is 2.27. The molecule has 1 heterocycles. The van der Waals surface area contributed by atoms with Crippen molar-refractivity contribution in [1.82, 2.24) is 4.90 Å². The predicted molar refractivity (Wildman–Crippen MR) is 61.3 cm³/mol. The molecule has 1 aromatic rings. The van der Waals surface area contributed by atoms with Crippen LogP contribution in [0.2, 0.25) is 0 Å². The first kappa shape index (κ1) is 11.4. The average molecular weight is 288 g/mol. The van der Waals surface area contributed by atoms with E-state index in [4.69, 9.17) is 0 Å². The van der Waals surface area contributed by atoms with Crippen LogP contribution in [0.3, 0.4) is 0 Å². The zero-order valence-electron chi connectivity index (χ0n) is 8.49. The molecule has 0 radical (unpaired) electrons. The number of nitrogens with zero attached hydrogens (tertiary/aromatic N) is 1. The number of alkyl halides is 1. The van der Waals surface area contributed by atoms with Crippen molar-refractivity contribution in [3.05, 3.63) is 29.6 Å². The number of aromatic hydroxyl groups is 1. The minimum Gasteiger partial charge on any atom is -0.507 e. The number of phenolic OH excluding ortho intramolecular Hbond substituents is 1. The van der Waals surface area contributed by atoms with Crippen molar-refractivity contribution < 1.29 is 14.3 Å². The van der Waals surface area contributed by atoms with Crippen molar-refractivity contribution in [3.63, 3.8) is 0 Å². The Bertz CT molecular complexity index is 404. The Kier molecular flexibility index (Phi) is 3.14. The van der Waals surface area contributed by atoms with Crippen LogP contribution in [0.4, 0.5) is 4.39 Å². The van der Waals surface area contributed by atoms with Gasteiger partial charge in [-0.05, 0) is 18.6 Å². The maximum absolute atomic E-state index is 13.4. The van der Waals surface area contributed by atoms with Crippen LogP contribution in [0.1, 0.15) is 16.8 Å². The standard InChI is InChI=1S/C11H11BrFNO2/c12-7-4-5-14(6-7)11(16)10-8(13)2-1-3-9(10)15/h1-3,7,15H,4-6H2. The Morgan fingerprint density at radius 3 is 2.88 bits per heavy atom. The van der Waals surface area contributed by atoms with Crippen molar-refractivity contribution >= 4 is 21.8 Å². The molecule has 0 bridgehead atoms. The van der Waals surface area contributed by atoms with Gasteiger partial charge >= 0.3 is 0 Å². The highest BCUT2D eigenvalue weighted by Crippen LogP contribution is 2.25. The topological polar surface area (TPSA) is 40.5 Å². The maximum atomic E-state index is 13.4. The van der Waals surface area contributed by atoms with Crippen LogP contribution in [-0.2, 0) is 0 Å². The molecule has 16 heavy (non-hydrogen) atoms. The SMILES string of the molecule is O=C(c1c(O)cccc1F)N1CCC(Br)C1. The minimum absolute atomic E-state index is 0.232. The molecular formula is C11H11BrFNO2. The maximum Gasteiger partial charge on any atom is 0.260 e. The molecule has 1 aromatic carbocycles. The third-order valence-electron chi connectivity index (χ3n) is 2.62. The van der Waals surface area contributed by atoms with Gasteiger partial charge in [0.25, 0.3) is 5.91 Å². The number of amides is 1. The number of phenols is 1. The number of carbonyl (C=O) groups excluding carboxylic acids is 1. The van der Waals surface area contributed by atoms with Gasteiger partial charge in [0, 0.05) is 17.9 Å². The van der Waals surface area contributed by atoms with Crippen molar-refractivity contribution in [2.75, 3.05) is 13.1 Å². The minimum atomic E-state index is -0.678. The summed E-state index contributed by atoms with van der Waals surface area (Å²) in [5, 5.41) is 9.49. The Morgan fingerprint density at radius 2 is 2.31 bits per heavy atom. The molecule has 1 fully saturated rings. The van der Waals surface area contributed by atoms with Crippen LogP contribution >= 0.6 is 15.9 Å². The lowest BCUT2D eigenvalue weighted by Gasteiger charge is -2.16. The summed E-state index contributed by atoms with van der Waals surface area (Å²) in [6, 6.07) is 3.87. The van der Waals surface area contributed by atoms with E-state index in [1.807, 2.05) is 0 Å². The molecule has 1 aliphatic heterocycles. The molecule has 3 nitrogen and oxygen atoms in total. The molecule has 5 heteroatoms. The zero-order chi connectivity index (χ0) is 11.7. The largest absolute Gasteiger partial charge is 0.507 e. The molecule has 0 aliphatic carbocycles. The van der Waals surface area contributed by atoms with Crippen LogP contribution in [0.25, 0.3) is 0 Å². The second-order valence-corrected chi connectivity index (χ2v) is 5.07. The summed E-state index contributed by atoms with van der Waals surface area (Å²) >= 11 is 3.41. The van der Waals surface area contributed by atoms with Crippen molar-refractivity contribution in [3.8, 4) is 5.75 Å². The molecule has 0 saturated carbocycles. The van der Waals surface area contributed by atoms with Crippen molar-refractivity contribution in [2.24, 2.45) is 0 Å². The van der Waals surface area contributed by atoms with E-state index >= 15 is 0 Å². The van der Waals surface area contributed by atoms with Crippen LogP contribution < -0.4 is 0 Å². The molecule has 1 atom stereocenters. The fraction of sp³-hybridized carbons (Fsp3) is 0.364. The normalized spacial score (nSPS) is 20.1. The lowest BCUT2D eigenvalue weighted by Crippen LogP contribution is -2.29. The summed E-state index contributed by atoms with van der Waals surface area (Å²) in [5.41, 5.74) is -0.232. The summed E-state index contributed by atoms with van der Waals surface area (Å²) < 4.78 is 13.4. The lowest BCUT2D eigenvalue weighted by molar-refractivity contribution is 0.0785. The number of hydrogen-bond acceptors (Lipinski definition) is 2. The van der Waals surface area contributed by atoms with Gasteiger partial charge in [-0.2, -0.15) is 0 Å². The van der Waals surface area contributed by atoms with Gasteiger partial charge in [-0.1, -0.05) is 22.0 Å². The van der Waals surface area contributed by atoms with Gasteiger partial charge in [0.2, 0.25) is 0 Å². The number of carbonyl (C=O) groups is 1. The van der Waals surface area contributed by atoms with E-state index in [9.17, 15) is 14.3 Å². The summed E-state index contributed by atoms with van der Waals surface area (Å²) in [4.78, 5) is 13.7. The first-order chi connectivity index (χ1) is 7.59. The molecule has 0 aromatic heterocycles. The zero-order valence-corrected chi connectivity index (χ0v) is 10.1. The number of rotatable bonds is 1. The Hall–Kier alpha value is -1.10. The van der Waals surface area contributed by atoms with Crippen LogP contribution in [0.5, 0.6) is 5.75 Å². The molecule has 1 saturated heterocycles. The smallest absolute Gasteiger partial charge is 0.260 e. The number of benzene rings is 1. The first-order valence-corrected chi connectivity index (χ1v) is 5.92. The van der Waals surface area contributed by atoms with E-state index in [1.165, 1.54) is 23.1 Å². The third kappa shape index (κ3) is 2.04. The van der Waals surface area contributed by atoms with Gasteiger partial charge in [0.05, 0.1) is 0 Å². The average Bonchev–Trinajstić information content (AvgIpc) is 2.64. The second kappa shape index (κ2) is 4.41. The highest BCUT2D eigenvalue weighted by Gasteiger charge is 2.28. The van der Waals surface area contributed by atoms with Gasteiger partial charge in [0.1, 0.15) is 17.1 Å². The fourth-order valence-corrected chi connectivity index (χ4v) is 2.34. The predicted octanol–water partition coefficient (Wildman–Crippen LogP) is 2.14. The molecule has 0 spiro atoms. The van der Waals surface area contributed by atoms with Gasteiger partial charge in [-0.15, -0.1) is 0 Å². The number of halogens is 2. The third-order valence-corrected chi connectivity index (χ3v) is 3.37. The summed E-state index contributed by atoms with van der Waals surface area (Å²) in [6.45, 7) is 1.13. The molecule has 1 aliphatic rings. The van der Waals surface area contributed by atoms with Gasteiger partial charge in [-0.25, -0.2) is 4.39 Å². The highest BCUT2D eigenvalue weighted by molar-refractivity contribution is 9.09. The van der Waals surface area contributed by atoms with Crippen LogP contribution in [-0.4, -0.2) is 33.8 Å². The Morgan fingerprint density at radius 1 is 1.56 bits per heavy atom. The lowest BCUT2D eigenvalue weighted by atomic mass is 10.1. The van der Waals surface area contributed by atoms with Crippen molar-refractivity contribution in [1.29, 1.82) is 0 Å². The fourth-order valence-electron chi connectivity index (χ4n) is 1.78. The van der Waals surface area contributed by atoms with Gasteiger partial charge in [-0.3, -0.25) is 4.79 Å². The molecule has 1 N–H and O–H groups in total. The van der Waals surface area contributed by atoms with Crippen LogP contribution in [0.15, 0.2) is 18.2 Å². The molecular weight excluding hydrogens is 277 g/mol. The van der Waals surface area contributed by atoms with Gasteiger partial charge < -0.3 is 10.0 Å². The Labute approximate surface area is 101 Å². The van der Waals surface area contributed by atoms with E-state index in [-0.39, 0.29) is 16.1 Å². The monoisotopic (exact) mass is 287 g/mol. The van der Waals surface area contributed by atoms with E-state index in [1.54, 1.807) is 0 Å². The van der Waals surface area contributed by atoms with E-state index in [2.05, 4.69) is 15.9 Å². The molecule has 1 amide bonds. The van der Waals surface area contributed by atoms with Crippen LogP contribution in [0, 0.1) is 5.82 Å². The molecule has 86 valence electrons. The first-order valence-electron chi connectivity index (χ1n) is 5.00. The van der Waals surface area contributed by atoms with E-state index in [0.29, 0.717) is 13.1 Å². The highest BCUT2D eigenvalue weighted by atomic mass is 79.9. The summed E-state index contributed by atoms with van der Waals surface area (Å²) in [7, 11) is 0. The number of hydrogen-bond donors (Lipinski definition) is 1. The number of likely N-dealkylation sites (tertiary alicyclic amines) is 1. The quantitative estimate of drug-likeness (QED) is 0.804. The van der Waals surface area contributed by atoms with Crippen molar-refractivity contribution in [2.45, 2.75) is 11.2 Å². The summed E-state index contributed by atoms with van der Waals surface area (Å²) in [6.07, 6.45) is 0.848. The van der Waals surface area contributed by atoms with E-state index in [0.717, 1.165) is 6.42 Å². The van der Waals surface area contributed by atoms with Gasteiger partial charge in [0.15, 0.2) is 0 Å². The molecule has 2 rings (SSSR count). The molecule has 1 unspecified atom stereocenters.